The summed E-state index contributed by atoms with van der Waals surface area (Å²) in [6.45, 7) is 2.70. The predicted molar refractivity (Wildman–Crippen MR) is 93.4 cm³/mol. The van der Waals surface area contributed by atoms with E-state index >= 15 is 0 Å². The molecule has 24 heavy (non-hydrogen) atoms. The number of aryl methyl sites for hydroxylation is 1. The first-order valence-corrected chi connectivity index (χ1v) is 7.83. The lowest BCUT2D eigenvalue weighted by molar-refractivity contribution is 0.0983. The Labute approximate surface area is 142 Å². The zero-order valence-electron chi connectivity index (χ0n) is 14.0. The Balaban J connectivity index is 1.69. The van der Waals surface area contributed by atoms with Gasteiger partial charge >= 0.3 is 6.03 Å². The number of Topliss-reactive ketones (excluding diaryl/α,β-unsaturated/α-hetero) is 1. The number of hydrogen-bond acceptors (Lipinski definition) is 3. The van der Waals surface area contributed by atoms with Crippen LogP contribution >= 0.6 is 0 Å². The number of urea groups is 1. The second-order valence-corrected chi connectivity index (χ2v) is 5.50. The van der Waals surface area contributed by atoms with Crippen molar-refractivity contribution in [2.45, 2.75) is 19.9 Å². The molecule has 126 valence electrons. The molecule has 0 aliphatic rings. The van der Waals surface area contributed by atoms with E-state index in [0.29, 0.717) is 18.7 Å². The molecule has 5 heteroatoms. The van der Waals surface area contributed by atoms with Crippen LogP contribution in [0.15, 0.2) is 48.5 Å². The summed E-state index contributed by atoms with van der Waals surface area (Å²) in [7, 11) is 1.61. The van der Waals surface area contributed by atoms with E-state index in [0.717, 1.165) is 16.9 Å². The van der Waals surface area contributed by atoms with Crippen molar-refractivity contribution < 1.29 is 14.3 Å². The lowest BCUT2D eigenvalue weighted by atomic mass is 10.1. The van der Waals surface area contributed by atoms with Gasteiger partial charge in [0.2, 0.25) is 0 Å². The maximum absolute atomic E-state index is 12.0. The third kappa shape index (κ3) is 5.43. The van der Waals surface area contributed by atoms with Crippen LogP contribution in [0.1, 0.15) is 27.9 Å². The van der Waals surface area contributed by atoms with Crippen molar-refractivity contribution in [1.29, 1.82) is 0 Å². The van der Waals surface area contributed by atoms with Crippen molar-refractivity contribution in [2.24, 2.45) is 0 Å². The van der Waals surface area contributed by atoms with E-state index in [4.69, 9.17) is 4.74 Å². The molecule has 0 aliphatic heterocycles. The van der Waals surface area contributed by atoms with Crippen LogP contribution in [0.3, 0.4) is 0 Å². The van der Waals surface area contributed by atoms with Gasteiger partial charge in [0.15, 0.2) is 5.78 Å². The van der Waals surface area contributed by atoms with Crippen LogP contribution in [-0.2, 0) is 6.54 Å². The van der Waals surface area contributed by atoms with Crippen LogP contribution in [0, 0.1) is 6.92 Å². The monoisotopic (exact) mass is 326 g/mol. The molecule has 0 spiro atoms. The number of methoxy groups -OCH3 is 1. The second kappa shape index (κ2) is 8.72. The highest BCUT2D eigenvalue weighted by Crippen LogP contribution is 2.10. The third-order valence-electron chi connectivity index (χ3n) is 3.62. The molecule has 2 rings (SSSR count). The number of ketones is 1. The number of amides is 2. The fraction of sp³-hybridized carbons (Fsp3) is 0.263. The quantitative estimate of drug-likeness (QED) is 0.768. The molecule has 0 heterocycles. The van der Waals surface area contributed by atoms with Crippen molar-refractivity contribution in [1.82, 2.24) is 10.6 Å². The normalized spacial score (nSPS) is 10.1. The Bertz CT molecular complexity index is 679. The Morgan fingerprint density at radius 3 is 2.25 bits per heavy atom. The van der Waals surface area contributed by atoms with E-state index in [9.17, 15) is 9.59 Å². The van der Waals surface area contributed by atoms with Gasteiger partial charge in [0.25, 0.3) is 0 Å². The van der Waals surface area contributed by atoms with Gasteiger partial charge in [-0.25, -0.2) is 4.79 Å². The molecule has 2 aromatic carbocycles. The summed E-state index contributed by atoms with van der Waals surface area (Å²) in [6, 6.07) is 14.6. The average Bonchev–Trinajstić information content (AvgIpc) is 2.61. The molecule has 0 saturated carbocycles. The molecule has 0 atom stereocenters. The van der Waals surface area contributed by atoms with Crippen molar-refractivity contribution in [2.75, 3.05) is 13.7 Å². The highest BCUT2D eigenvalue weighted by Gasteiger charge is 2.06. The molecule has 5 nitrogen and oxygen atoms in total. The summed E-state index contributed by atoms with van der Waals surface area (Å²) in [4.78, 5) is 23.7. The molecule has 0 aliphatic carbocycles. The summed E-state index contributed by atoms with van der Waals surface area (Å²) in [5.74, 6) is 0.795. The van der Waals surface area contributed by atoms with Crippen LogP contribution in [-0.4, -0.2) is 25.5 Å². The number of benzene rings is 2. The Morgan fingerprint density at radius 1 is 0.958 bits per heavy atom. The van der Waals surface area contributed by atoms with E-state index in [1.54, 1.807) is 19.2 Å². The molecule has 2 N–H and O–H groups in total. The number of ether oxygens (including phenoxy) is 1. The lowest BCUT2D eigenvalue weighted by Crippen LogP contribution is -2.36. The summed E-state index contributed by atoms with van der Waals surface area (Å²) in [6.07, 6.45) is 0.277. The predicted octanol–water partition coefficient (Wildman–Crippen LogP) is 3.08. The van der Waals surface area contributed by atoms with Crippen LogP contribution in [0.25, 0.3) is 0 Å². The molecule has 0 saturated heterocycles. The third-order valence-corrected chi connectivity index (χ3v) is 3.62. The van der Waals surface area contributed by atoms with E-state index < -0.39 is 0 Å². The van der Waals surface area contributed by atoms with E-state index in [-0.39, 0.29) is 18.2 Å². The zero-order valence-corrected chi connectivity index (χ0v) is 14.0. The number of hydrogen-bond donors (Lipinski definition) is 2. The van der Waals surface area contributed by atoms with Gasteiger partial charge < -0.3 is 15.4 Å². The summed E-state index contributed by atoms with van der Waals surface area (Å²) >= 11 is 0. The van der Waals surface area contributed by atoms with E-state index in [1.807, 2.05) is 43.3 Å². The molecular formula is C19H22N2O3. The molecule has 0 fully saturated rings. The maximum Gasteiger partial charge on any atom is 0.315 e. The van der Waals surface area contributed by atoms with Crippen molar-refractivity contribution in [3.05, 3.63) is 65.2 Å². The maximum atomic E-state index is 12.0. The molecule has 0 bridgehead atoms. The molecule has 2 amide bonds. The van der Waals surface area contributed by atoms with Gasteiger partial charge in [0.05, 0.1) is 7.11 Å². The SMILES string of the molecule is COc1ccc(CNC(=O)NCCC(=O)c2ccc(C)cc2)cc1. The Hall–Kier alpha value is -2.82. The van der Waals surface area contributed by atoms with Gasteiger partial charge in [0, 0.05) is 25.1 Å². The molecule has 0 aromatic heterocycles. The van der Waals surface area contributed by atoms with E-state index in [2.05, 4.69) is 10.6 Å². The highest BCUT2D eigenvalue weighted by molar-refractivity contribution is 5.96. The summed E-state index contributed by atoms with van der Waals surface area (Å²) < 4.78 is 5.08. The van der Waals surface area contributed by atoms with Gasteiger partial charge in [-0.3, -0.25) is 4.79 Å². The molecular weight excluding hydrogens is 304 g/mol. The van der Waals surface area contributed by atoms with Gasteiger partial charge in [-0.2, -0.15) is 0 Å². The fourth-order valence-corrected chi connectivity index (χ4v) is 2.16. The smallest absolute Gasteiger partial charge is 0.315 e. The first kappa shape index (κ1) is 17.5. The Morgan fingerprint density at radius 2 is 1.62 bits per heavy atom. The van der Waals surface area contributed by atoms with Gasteiger partial charge in [-0.05, 0) is 24.6 Å². The average molecular weight is 326 g/mol. The lowest BCUT2D eigenvalue weighted by Gasteiger charge is -2.08. The van der Waals surface area contributed by atoms with Crippen LogP contribution in [0.2, 0.25) is 0 Å². The molecule has 0 unspecified atom stereocenters. The van der Waals surface area contributed by atoms with E-state index in [1.165, 1.54) is 0 Å². The largest absolute Gasteiger partial charge is 0.497 e. The summed E-state index contributed by atoms with van der Waals surface area (Å²) in [5.41, 5.74) is 2.75. The standard InChI is InChI=1S/C19H22N2O3/c1-14-3-7-16(8-4-14)18(22)11-12-20-19(23)21-13-15-5-9-17(24-2)10-6-15/h3-10H,11-13H2,1-2H3,(H2,20,21,23). The topological polar surface area (TPSA) is 67.4 Å². The molecule has 2 aromatic rings. The van der Waals surface area contributed by atoms with Crippen LogP contribution < -0.4 is 15.4 Å². The minimum Gasteiger partial charge on any atom is -0.497 e. The fourth-order valence-electron chi connectivity index (χ4n) is 2.16. The number of carbonyl (C=O) groups excluding carboxylic acids is 2. The number of carbonyl (C=O) groups is 2. The second-order valence-electron chi connectivity index (χ2n) is 5.50. The molecule has 0 radical (unpaired) electrons. The first-order chi connectivity index (χ1) is 11.6. The van der Waals surface area contributed by atoms with Crippen LogP contribution in [0.4, 0.5) is 4.79 Å². The van der Waals surface area contributed by atoms with Crippen molar-refractivity contribution >= 4 is 11.8 Å². The zero-order chi connectivity index (χ0) is 17.4. The first-order valence-electron chi connectivity index (χ1n) is 7.83. The van der Waals surface area contributed by atoms with Gasteiger partial charge in [-0.1, -0.05) is 42.0 Å². The van der Waals surface area contributed by atoms with Crippen molar-refractivity contribution in [3.63, 3.8) is 0 Å². The van der Waals surface area contributed by atoms with Gasteiger partial charge in [-0.15, -0.1) is 0 Å². The van der Waals surface area contributed by atoms with Crippen molar-refractivity contribution in [3.8, 4) is 5.75 Å². The minimum atomic E-state index is -0.289. The number of rotatable bonds is 7. The minimum absolute atomic E-state index is 0.0189. The Kier molecular flexibility index (Phi) is 6.37. The van der Waals surface area contributed by atoms with Crippen LogP contribution in [0.5, 0.6) is 5.75 Å². The number of nitrogens with one attached hydrogen (secondary N) is 2. The summed E-state index contributed by atoms with van der Waals surface area (Å²) in [5, 5.41) is 5.45. The van der Waals surface area contributed by atoms with Gasteiger partial charge in [0.1, 0.15) is 5.75 Å². The highest BCUT2D eigenvalue weighted by atomic mass is 16.5.